The fourth-order valence-electron chi connectivity index (χ4n) is 2.64. The molecular weight excluding hydrogens is 292 g/mol. The van der Waals surface area contributed by atoms with Gasteiger partial charge in [0.2, 0.25) is 12.7 Å². The van der Waals surface area contributed by atoms with Crippen LogP contribution < -0.4 is 14.8 Å². The molecule has 2 heterocycles. The number of hydrogen-bond acceptors (Lipinski definition) is 4. The SMILES string of the molecule is O=C(Cc1ccc2c(c1)OCO2)Nc1cccc2cccnc12. The van der Waals surface area contributed by atoms with E-state index in [4.69, 9.17) is 9.47 Å². The van der Waals surface area contributed by atoms with Crippen LogP contribution in [-0.2, 0) is 11.2 Å². The molecule has 1 aliphatic heterocycles. The predicted molar refractivity (Wildman–Crippen MR) is 86.6 cm³/mol. The number of anilines is 1. The molecule has 0 saturated carbocycles. The second-order valence-corrected chi connectivity index (χ2v) is 5.29. The summed E-state index contributed by atoms with van der Waals surface area (Å²) < 4.78 is 10.6. The molecule has 0 unspecified atom stereocenters. The Hall–Kier alpha value is -3.08. The first-order valence-corrected chi connectivity index (χ1v) is 7.32. The lowest BCUT2D eigenvalue weighted by Crippen LogP contribution is -2.14. The lowest BCUT2D eigenvalue weighted by molar-refractivity contribution is -0.115. The number of carbonyl (C=O) groups is 1. The molecule has 1 amide bonds. The largest absolute Gasteiger partial charge is 0.454 e. The number of aromatic nitrogens is 1. The highest BCUT2D eigenvalue weighted by Crippen LogP contribution is 2.32. The maximum atomic E-state index is 12.3. The highest BCUT2D eigenvalue weighted by Gasteiger charge is 2.15. The Morgan fingerprint density at radius 2 is 1.96 bits per heavy atom. The van der Waals surface area contributed by atoms with Crippen molar-refractivity contribution in [2.45, 2.75) is 6.42 Å². The van der Waals surface area contributed by atoms with Gasteiger partial charge in [0.1, 0.15) is 0 Å². The third-order valence-electron chi connectivity index (χ3n) is 3.71. The van der Waals surface area contributed by atoms with Crippen LogP contribution >= 0.6 is 0 Å². The zero-order valence-electron chi connectivity index (χ0n) is 12.3. The summed E-state index contributed by atoms with van der Waals surface area (Å²) in [7, 11) is 0. The number of rotatable bonds is 3. The van der Waals surface area contributed by atoms with E-state index in [2.05, 4.69) is 10.3 Å². The maximum Gasteiger partial charge on any atom is 0.231 e. The minimum Gasteiger partial charge on any atom is -0.454 e. The fourth-order valence-corrected chi connectivity index (χ4v) is 2.64. The quantitative estimate of drug-likeness (QED) is 0.807. The van der Waals surface area contributed by atoms with E-state index in [1.165, 1.54) is 0 Å². The molecule has 3 aromatic rings. The predicted octanol–water partition coefficient (Wildman–Crippen LogP) is 3.14. The molecule has 2 aromatic carbocycles. The summed E-state index contributed by atoms with van der Waals surface area (Å²) >= 11 is 0. The maximum absolute atomic E-state index is 12.3. The smallest absolute Gasteiger partial charge is 0.231 e. The Morgan fingerprint density at radius 3 is 2.91 bits per heavy atom. The van der Waals surface area contributed by atoms with Gasteiger partial charge in [0.15, 0.2) is 11.5 Å². The van der Waals surface area contributed by atoms with Gasteiger partial charge in [0.05, 0.1) is 17.6 Å². The monoisotopic (exact) mass is 306 g/mol. The zero-order chi connectivity index (χ0) is 15.6. The molecule has 1 N–H and O–H groups in total. The van der Waals surface area contributed by atoms with Crippen LogP contribution in [0.5, 0.6) is 11.5 Å². The van der Waals surface area contributed by atoms with Gasteiger partial charge in [-0.15, -0.1) is 0 Å². The molecule has 114 valence electrons. The van der Waals surface area contributed by atoms with Gasteiger partial charge in [-0.05, 0) is 29.8 Å². The summed E-state index contributed by atoms with van der Waals surface area (Å²) in [6, 6.07) is 15.1. The van der Waals surface area contributed by atoms with Crippen molar-refractivity contribution in [3.8, 4) is 11.5 Å². The third-order valence-corrected chi connectivity index (χ3v) is 3.71. The van der Waals surface area contributed by atoms with Crippen molar-refractivity contribution in [3.63, 3.8) is 0 Å². The van der Waals surface area contributed by atoms with Crippen molar-refractivity contribution < 1.29 is 14.3 Å². The summed E-state index contributed by atoms with van der Waals surface area (Å²) in [4.78, 5) is 16.7. The highest BCUT2D eigenvalue weighted by molar-refractivity contribution is 6.00. The molecule has 1 aromatic heterocycles. The lowest BCUT2D eigenvalue weighted by atomic mass is 10.1. The van der Waals surface area contributed by atoms with Crippen LogP contribution in [0.4, 0.5) is 5.69 Å². The van der Waals surface area contributed by atoms with Crippen LogP contribution in [0.25, 0.3) is 10.9 Å². The summed E-state index contributed by atoms with van der Waals surface area (Å²) in [5.74, 6) is 1.30. The molecule has 0 atom stereocenters. The number of carbonyl (C=O) groups excluding carboxylic acids is 1. The first-order valence-electron chi connectivity index (χ1n) is 7.32. The number of pyridine rings is 1. The van der Waals surface area contributed by atoms with Gasteiger partial charge in [0.25, 0.3) is 0 Å². The molecule has 1 aliphatic rings. The van der Waals surface area contributed by atoms with E-state index in [-0.39, 0.29) is 19.1 Å². The standard InChI is InChI=1S/C18H14N2O3/c21-17(10-12-6-7-15-16(9-12)23-11-22-15)20-14-5-1-3-13-4-2-8-19-18(13)14/h1-9H,10-11H2,(H,20,21). The Bertz CT molecular complexity index is 887. The topological polar surface area (TPSA) is 60.5 Å². The highest BCUT2D eigenvalue weighted by atomic mass is 16.7. The van der Waals surface area contributed by atoms with Crippen molar-refractivity contribution in [1.29, 1.82) is 0 Å². The van der Waals surface area contributed by atoms with Crippen molar-refractivity contribution in [2.24, 2.45) is 0 Å². The Balaban J connectivity index is 1.53. The zero-order valence-corrected chi connectivity index (χ0v) is 12.3. The van der Waals surface area contributed by atoms with Gasteiger partial charge in [-0.2, -0.15) is 0 Å². The average Bonchev–Trinajstić information content (AvgIpc) is 3.03. The normalized spacial score (nSPS) is 12.3. The van der Waals surface area contributed by atoms with Crippen molar-refractivity contribution >= 4 is 22.5 Å². The Morgan fingerprint density at radius 1 is 1.09 bits per heavy atom. The number of amides is 1. The Kier molecular flexibility index (Phi) is 3.31. The molecule has 23 heavy (non-hydrogen) atoms. The first-order chi connectivity index (χ1) is 11.3. The van der Waals surface area contributed by atoms with Crippen LogP contribution in [0.3, 0.4) is 0 Å². The summed E-state index contributed by atoms with van der Waals surface area (Å²) in [6.45, 7) is 0.229. The first kappa shape index (κ1) is 13.6. The molecule has 4 rings (SSSR count). The van der Waals surface area contributed by atoms with Gasteiger partial charge < -0.3 is 14.8 Å². The van der Waals surface area contributed by atoms with E-state index in [9.17, 15) is 4.79 Å². The van der Waals surface area contributed by atoms with Crippen molar-refractivity contribution in [1.82, 2.24) is 4.98 Å². The lowest BCUT2D eigenvalue weighted by Gasteiger charge is -2.08. The van der Waals surface area contributed by atoms with Gasteiger partial charge >= 0.3 is 0 Å². The van der Waals surface area contributed by atoms with Crippen LogP contribution in [0.2, 0.25) is 0 Å². The van der Waals surface area contributed by atoms with Gasteiger partial charge in [-0.3, -0.25) is 9.78 Å². The van der Waals surface area contributed by atoms with E-state index in [0.717, 1.165) is 16.5 Å². The fraction of sp³-hybridized carbons (Fsp3) is 0.111. The number of nitrogens with zero attached hydrogens (tertiary/aromatic N) is 1. The van der Waals surface area contributed by atoms with Gasteiger partial charge in [-0.25, -0.2) is 0 Å². The van der Waals surface area contributed by atoms with E-state index in [0.29, 0.717) is 17.2 Å². The van der Waals surface area contributed by atoms with Crippen LogP contribution in [0.15, 0.2) is 54.7 Å². The van der Waals surface area contributed by atoms with Crippen LogP contribution in [0, 0.1) is 0 Å². The molecule has 0 bridgehead atoms. The molecule has 5 heteroatoms. The van der Waals surface area contributed by atoms with Gasteiger partial charge in [0, 0.05) is 11.6 Å². The van der Waals surface area contributed by atoms with Crippen LogP contribution in [-0.4, -0.2) is 17.7 Å². The van der Waals surface area contributed by atoms with E-state index >= 15 is 0 Å². The number of nitrogens with one attached hydrogen (secondary N) is 1. The van der Waals surface area contributed by atoms with Crippen molar-refractivity contribution in [3.05, 3.63) is 60.3 Å². The van der Waals surface area contributed by atoms with E-state index < -0.39 is 0 Å². The van der Waals surface area contributed by atoms with Crippen molar-refractivity contribution in [2.75, 3.05) is 12.1 Å². The second kappa shape index (κ2) is 5.61. The minimum absolute atomic E-state index is 0.0954. The molecule has 0 aliphatic carbocycles. The number of hydrogen-bond donors (Lipinski definition) is 1. The number of ether oxygens (including phenoxy) is 2. The van der Waals surface area contributed by atoms with E-state index in [1.807, 2.05) is 48.5 Å². The minimum atomic E-state index is -0.0954. The molecule has 5 nitrogen and oxygen atoms in total. The average molecular weight is 306 g/mol. The van der Waals surface area contributed by atoms with E-state index in [1.54, 1.807) is 6.20 Å². The molecule has 0 radical (unpaired) electrons. The third kappa shape index (κ3) is 2.68. The molecule has 0 fully saturated rings. The number of benzene rings is 2. The number of fused-ring (bicyclic) bond motifs is 2. The summed E-state index contributed by atoms with van der Waals surface area (Å²) in [5, 5.41) is 3.92. The van der Waals surface area contributed by atoms with Gasteiger partial charge in [-0.1, -0.05) is 24.3 Å². The molecular formula is C18H14N2O3. The second-order valence-electron chi connectivity index (χ2n) is 5.29. The summed E-state index contributed by atoms with van der Waals surface area (Å²) in [6.07, 6.45) is 1.98. The van der Waals surface area contributed by atoms with Crippen LogP contribution in [0.1, 0.15) is 5.56 Å². The Labute approximate surface area is 132 Å². The number of para-hydroxylation sites is 1. The molecule has 0 saturated heterocycles. The summed E-state index contributed by atoms with van der Waals surface area (Å²) in [5.41, 5.74) is 2.38. The molecule has 0 spiro atoms.